The van der Waals surface area contributed by atoms with Gasteiger partial charge in [-0.15, -0.1) is 0 Å². The van der Waals surface area contributed by atoms with Gasteiger partial charge in [0.15, 0.2) is 9.84 Å². The largest absolute Gasteiger partial charge is 0.348 e. The monoisotopic (exact) mass is 324 g/mol. The van der Waals surface area contributed by atoms with Crippen molar-refractivity contribution in [2.24, 2.45) is 0 Å². The van der Waals surface area contributed by atoms with Gasteiger partial charge in [0.25, 0.3) is 0 Å². The van der Waals surface area contributed by atoms with Gasteiger partial charge in [-0.1, -0.05) is 29.3 Å². The van der Waals surface area contributed by atoms with E-state index >= 15 is 0 Å². The highest BCUT2D eigenvalue weighted by Gasteiger charge is 2.23. The van der Waals surface area contributed by atoms with Crippen molar-refractivity contribution >= 4 is 15.7 Å². The minimum atomic E-state index is -2.90. The molecule has 0 unspecified atom stereocenters. The highest BCUT2D eigenvalue weighted by Crippen LogP contribution is 2.16. The van der Waals surface area contributed by atoms with Gasteiger partial charge in [0.05, 0.1) is 24.1 Å². The number of sulfone groups is 1. The van der Waals surface area contributed by atoms with E-state index in [0.29, 0.717) is 13.1 Å². The van der Waals surface area contributed by atoms with E-state index in [1.807, 2.05) is 25.7 Å². The first kappa shape index (κ1) is 17.0. The van der Waals surface area contributed by atoms with Gasteiger partial charge in [-0.25, -0.2) is 8.42 Å². The Bertz CT molecular complexity index is 621. The van der Waals surface area contributed by atoms with Crippen molar-refractivity contribution in [1.82, 2.24) is 10.2 Å². The number of carbonyl (C=O) groups is 1. The van der Waals surface area contributed by atoms with Gasteiger partial charge in [-0.3, -0.25) is 9.69 Å². The van der Waals surface area contributed by atoms with E-state index in [4.69, 9.17) is 0 Å². The standard InChI is InChI=1S/C16H24N2O3S/c1-12-8-13(2)10-15(9-12)14(3)17-16(19)11-18-4-6-22(20,21)7-5-18/h8-10,14H,4-7,11H2,1-3H3,(H,17,19)/t14-/m0/s1. The van der Waals surface area contributed by atoms with Gasteiger partial charge in [0.1, 0.15) is 0 Å². The van der Waals surface area contributed by atoms with Crippen molar-refractivity contribution in [1.29, 1.82) is 0 Å². The summed E-state index contributed by atoms with van der Waals surface area (Å²) in [4.78, 5) is 14.0. The summed E-state index contributed by atoms with van der Waals surface area (Å²) in [7, 11) is -2.90. The molecule has 1 amide bonds. The van der Waals surface area contributed by atoms with E-state index in [1.165, 1.54) is 11.1 Å². The average Bonchev–Trinajstić information content (AvgIpc) is 2.40. The Hall–Kier alpha value is -1.40. The summed E-state index contributed by atoms with van der Waals surface area (Å²) in [6, 6.07) is 6.20. The van der Waals surface area contributed by atoms with Crippen molar-refractivity contribution in [2.75, 3.05) is 31.1 Å². The van der Waals surface area contributed by atoms with Crippen molar-refractivity contribution < 1.29 is 13.2 Å². The highest BCUT2D eigenvalue weighted by atomic mass is 32.2. The number of hydrogen-bond acceptors (Lipinski definition) is 4. The summed E-state index contributed by atoms with van der Waals surface area (Å²) in [6.45, 7) is 7.18. The summed E-state index contributed by atoms with van der Waals surface area (Å²) in [5, 5.41) is 2.99. The highest BCUT2D eigenvalue weighted by molar-refractivity contribution is 7.91. The minimum absolute atomic E-state index is 0.0559. The van der Waals surface area contributed by atoms with Crippen molar-refractivity contribution in [3.8, 4) is 0 Å². The molecule has 0 bridgehead atoms. The van der Waals surface area contributed by atoms with Gasteiger partial charge in [-0.05, 0) is 26.3 Å². The number of nitrogens with zero attached hydrogens (tertiary/aromatic N) is 1. The summed E-state index contributed by atoms with van der Waals surface area (Å²) in [6.07, 6.45) is 0. The molecule has 1 saturated heterocycles. The molecule has 22 heavy (non-hydrogen) atoms. The lowest BCUT2D eigenvalue weighted by Crippen LogP contribution is -2.45. The van der Waals surface area contributed by atoms with Crippen molar-refractivity contribution in [3.63, 3.8) is 0 Å². The molecular weight excluding hydrogens is 300 g/mol. The molecule has 0 radical (unpaired) electrons. The Morgan fingerprint density at radius 3 is 2.27 bits per heavy atom. The molecule has 1 fully saturated rings. The first-order valence-corrected chi connectivity index (χ1v) is 9.38. The SMILES string of the molecule is Cc1cc(C)cc([C@H](C)NC(=O)CN2CCS(=O)(=O)CC2)c1. The third kappa shape index (κ3) is 4.81. The Morgan fingerprint density at radius 2 is 1.73 bits per heavy atom. The van der Waals surface area contributed by atoms with Crippen LogP contribution in [0.5, 0.6) is 0 Å². The lowest BCUT2D eigenvalue weighted by molar-refractivity contribution is -0.122. The Balaban J connectivity index is 1.89. The molecular formula is C16H24N2O3S. The lowest BCUT2D eigenvalue weighted by Gasteiger charge is -2.26. The Morgan fingerprint density at radius 1 is 1.18 bits per heavy atom. The van der Waals surface area contributed by atoms with Crippen molar-refractivity contribution in [3.05, 3.63) is 34.9 Å². The molecule has 5 nitrogen and oxygen atoms in total. The molecule has 0 aromatic heterocycles. The molecule has 1 N–H and O–H groups in total. The fraction of sp³-hybridized carbons (Fsp3) is 0.562. The maximum atomic E-state index is 12.1. The molecule has 0 aliphatic carbocycles. The van der Waals surface area contributed by atoms with Crippen LogP contribution < -0.4 is 5.32 Å². The smallest absolute Gasteiger partial charge is 0.234 e. The first-order valence-electron chi connectivity index (χ1n) is 7.55. The van der Waals surface area contributed by atoms with Crippen molar-refractivity contribution in [2.45, 2.75) is 26.8 Å². The minimum Gasteiger partial charge on any atom is -0.348 e. The molecule has 1 atom stereocenters. The number of hydrogen-bond donors (Lipinski definition) is 1. The van der Waals surface area contributed by atoms with E-state index in [9.17, 15) is 13.2 Å². The van der Waals surface area contributed by atoms with Crippen LogP contribution in [-0.2, 0) is 14.6 Å². The zero-order chi connectivity index (χ0) is 16.3. The fourth-order valence-electron chi connectivity index (χ4n) is 2.74. The molecule has 6 heteroatoms. The van der Waals surface area contributed by atoms with Gasteiger partial charge >= 0.3 is 0 Å². The molecule has 2 rings (SSSR count). The van der Waals surface area contributed by atoms with Crippen LogP contribution in [-0.4, -0.2) is 50.4 Å². The summed E-state index contributed by atoms with van der Waals surface area (Å²) < 4.78 is 22.8. The molecule has 122 valence electrons. The van der Waals surface area contributed by atoms with Crippen LogP contribution in [0.3, 0.4) is 0 Å². The molecule has 1 aromatic carbocycles. The summed E-state index contributed by atoms with van der Waals surface area (Å²) in [5.41, 5.74) is 3.45. The molecule has 1 aromatic rings. The van der Waals surface area contributed by atoms with Crippen LogP contribution >= 0.6 is 0 Å². The van der Waals surface area contributed by atoms with Gasteiger partial charge in [0, 0.05) is 13.1 Å². The van der Waals surface area contributed by atoms with Crippen LogP contribution in [0, 0.1) is 13.8 Å². The number of carbonyl (C=O) groups excluding carboxylic acids is 1. The maximum absolute atomic E-state index is 12.1. The first-order chi connectivity index (χ1) is 10.2. The third-order valence-corrected chi connectivity index (χ3v) is 5.53. The average molecular weight is 324 g/mol. The second-order valence-electron chi connectivity index (χ2n) is 6.14. The van der Waals surface area contributed by atoms with Crippen LogP contribution in [0.1, 0.15) is 29.7 Å². The van der Waals surface area contributed by atoms with Crippen LogP contribution in [0.15, 0.2) is 18.2 Å². The Labute approximate surface area is 132 Å². The summed E-state index contributed by atoms with van der Waals surface area (Å²) in [5.74, 6) is 0.228. The van der Waals surface area contributed by atoms with E-state index in [1.54, 1.807) is 0 Å². The predicted molar refractivity (Wildman–Crippen MR) is 87.6 cm³/mol. The quantitative estimate of drug-likeness (QED) is 0.904. The van der Waals surface area contributed by atoms with E-state index in [0.717, 1.165) is 5.56 Å². The zero-order valence-corrected chi connectivity index (χ0v) is 14.2. The number of rotatable bonds is 4. The normalized spacial score (nSPS) is 19.6. The molecule has 1 heterocycles. The van der Waals surface area contributed by atoms with E-state index in [2.05, 4.69) is 23.5 Å². The lowest BCUT2D eigenvalue weighted by atomic mass is 10.0. The van der Waals surface area contributed by atoms with Gasteiger partial charge in [0.2, 0.25) is 5.91 Å². The van der Waals surface area contributed by atoms with Gasteiger partial charge < -0.3 is 5.32 Å². The van der Waals surface area contributed by atoms with Gasteiger partial charge in [-0.2, -0.15) is 0 Å². The van der Waals surface area contributed by atoms with E-state index in [-0.39, 0.29) is 30.0 Å². The summed E-state index contributed by atoms with van der Waals surface area (Å²) >= 11 is 0. The second kappa shape index (κ2) is 6.79. The van der Waals surface area contributed by atoms with E-state index < -0.39 is 9.84 Å². The molecule has 1 aliphatic heterocycles. The number of nitrogens with one attached hydrogen (secondary N) is 1. The number of amides is 1. The topological polar surface area (TPSA) is 66.5 Å². The van der Waals surface area contributed by atoms with Crippen LogP contribution in [0.4, 0.5) is 0 Å². The Kier molecular flexibility index (Phi) is 5.24. The molecule has 0 saturated carbocycles. The fourth-order valence-corrected chi connectivity index (χ4v) is 4.02. The number of aryl methyl sites for hydroxylation is 2. The molecule has 1 aliphatic rings. The maximum Gasteiger partial charge on any atom is 0.234 e. The molecule has 0 spiro atoms. The second-order valence-corrected chi connectivity index (χ2v) is 8.44. The number of benzene rings is 1. The zero-order valence-electron chi connectivity index (χ0n) is 13.4. The van der Waals surface area contributed by atoms with Crippen LogP contribution in [0.25, 0.3) is 0 Å². The third-order valence-electron chi connectivity index (χ3n) is 3.93. The predicted octanol–water partition coefficient (Wildman–Crippen LogP) is 1.21. The van der Waals surface area contributed by atoms with Crippen LogP contribution in [0.2, 0.25) is 0 Å².